The third kappa shape index (κ3) is 5.27. The maximum atomic E-state index is 12.1. The second-order valence-electron chi connectivity index (χ2n) is 6.53. The summed E-state index contributed by atoms with van der Waals surface area (Å²) in [6.45, 7) is 1.54. The molecule has 0 radical (unpaired) electrons. The minimum atomic E-state index is -3.23. The van der Waals surface area contributed by atoms with E-state index in [0.29, 0.717) is 18.4 Å². The van der Waals surface area contributed by atoms with E-state index in [-0.39, 0.29) is 24.5 Å². The number of nitrogens with zero attached hydrogens (tertiary/aromatic N) is 1. The van der Waals surface area contributed by atoms with Gasteiger partial charge in [-0.15, -0.1) is 0 Å². The molecule has 1 aliphatic rings. The Kier molecular flexibility index (Phi) is 6.24. The molecule has 1 saturated heterocycles. The molecule has 2 aromatic rings. The number of aliphatic hydroxyl groups is 1. The molecule has 3 rings (SSSR count). The Labute approximate surface area is 154 Å². The largest absolute Gasteiger partial charge is 0.490 e. The van der Waals surface area contributed by atoms with Crippen molar-refractivity contribution >= 4 is 9.84 Å². The van der Waals surface area contributed by atoms with Crippen LogP contribution in [0.5, 0.6) is 5.75 Å². The van der Waals surface area contributed by atoms with Gasteiger partial charge >= 0.3 is 0 Å². The van der Waals surface area contributed by atoms with E-state index >= 15 is 0 Å². The van der Waals surface area contributed by atoms with Gasteiger partial charge in [0.15, 0.2) is 9.84 Å². The summed E-state index contributed by atoms with van der Waals surface area (Å²) in [5, 5.41) is 12.1. The Bertz CT molecular complexity index is 835. The van der Waals surface area contributed by atoms with Crippen LogP contribution >= 0.6 is 0 Å². The van der Waals surface area contributed by atoms with Gasteiger partial charge in [-0.1, -0.05) is 24.3 Å². The van der Waals surface area contributed by atoms with Crippen molar-refractivity contribution in [2.75, 3.05) is 25.5 Å². The van der Waals surface area contributed by atoms with E-state index in [1.165, 1.54) is 0 Å². The first-order valence-corrected chi connectivity index (χ1v) is 10.6. The number of aromatic nitrogens is 1. The number of rotatable bonds is 9. The first-order valence-electron chi connectivity index (χ1n) is 8.77. The van der Waals surface area contributed by atoms with Gasteiger partial charge in [0, 0.05) is 24.4 Å². The summed E-state index contributed by atoms with van der Waals surface area (Å²) in [5.41, 5.74) is 2.52. The molecule has 7 heteroatoms. The average Bonchev–Trinajstić information content (AvgIpc) is 2.59. The zero-order valence-electron chi connectivity index (χ0n) is 14.6. The second-order valence-corrected chi connectivity index (χ2v) is 8.71. The normalized spacial score (nSPS) is 16.9. The van der Waals surface area contributed by atoms with Crippen molar-refractivity contribution in [3.8, 4) is 16.9 Å². The number of hydrogen-bond acceptors (Lipinski definition) is 6. The van der Waals surface area contributed by atoms with Crippen LogP contribution in [0.1, 0.15) is 18.4 Å². The highest BCUT2D eigenvalue weighted by molar-refractivity contribution is 7.90. The lowest BCUT2D eigenvalue weighted by Gasteiger charge is -2.27. The van der Waals surface area contributed by atoms with E-state index < -0.39 is 9.84 Å². The lowest BCUT2D eigenvalue weighted by molar-refractivity contribution is 0.217. The van der Waals surface area contributed by atoms with Crippen molar-refractivity contribution in [3.63, 3.8) is 0 Å². The summed E-state index contributed by atoms with van der Waals surface area (Å²) >= 11 is 0. The zero-order chi connectivity index (χ0) is 18.4. The molecule has 2 heterocycles. The minimum absolute atomic E-state index is 0.00614. The predicted octanol–water partition coefficient (Wildman–Crippen LogP) is 1.79. The van der Waals surface area contributed by atoms with Gasteiger partial charge in [0.2, 0.25) is 0 Å². The summed E-state index contributed by atoms with van der Waals surface area (Å²) in [5.74, 6) is 0.670. The van der Waals surface area contributed by atoms with Crippen LogP contribution in [0.2, 0.25) is 0 Å². The predicted molar refractivity (Wildman–Crippen MR) is 101 cm³/mol. The monoisotopic (exact) mass is 376 g/mol. The number of aliphatic hydroxyl groups excluding tert-OH is 1. The van der Waals surface area contributed by atoms with Crippen molar-refractivity contribution in [2.24, 2.45) is 0 Å². The lowest BCUT2D eigenvalue weighted by atomic mass is 10.1. The van der Waals surface area contributed by atoms with E-state index in [1.54, 1.807) is 18.5 Å². The molecule has 1 atom stereocenters. The van der Waals surface area contributed by atoms with Gasteiger partial charge in [-0.25, -0.2) is 8.42 Å². The van der Waals surface area contributed by atoms with Gasteiger partial charge in [-0.05, 0) is 36.6 Å². The smallest absolute Gasteiger partial charge is 0.154 e. The van der Waals surface area contributed by atoms with E-state index in [1.807, 2.05) is 24.3 Å². The van der Waals surface area contributed by atoms with E-state index in [4.69, 9.17) is 9.84 Å². The maximum absolute atomic E-state index is 12.1. The number of benzene rings is 1. The molecule has 140 valence electrons. The van der Waals surface area contributed by atoms with Gasteiger partial charge in [0.1, 0.15) is 12.4 Å². The van der Waals surface area contributed by atoms with Gasteiger partial charge in [-0.2, -0.15) is 0 Å². The topological polar surface area (TPSA) is 88.5 Å². The Morgan fingerprint density at radius 2 is 2.08 bits per heavy atom. The first-order chi connectivity index (χ1) is 12.6. The van der Waals surface area contributed by atoms with Crippen LogP contribution in [0.15, 0.2) is 42.7 Å². The Hall–Kier alpha value is -1.96. The third-order valence-corrected chi connectivity index (χ3v) is 6.03. The molecule has 1 aromatic heterocycles. The fourth-order valence-electron chi connectivity index (χ4n) is 2.79. The quantitative estimate of drug-likeness (QED) is 0.694. The summed E-state index contributed by atoms with van der Waals surface area (Å²) in [7, 11) is -3.23. The van der Waals surface area contributed by atoms with Crippen molar-refractivity contribution in [3.05, 3.63) is 48.3 Å². The van der Waals surface area contributed by atoms with Crippen LogP contribution in [-0.2, 0) is 15.6 Å². The van der Waals surface area contributed by atoms with Gasteiger partial charge < -0.3 is 15.2 Å². The fourth-order valence-corrected chi connectivity index (χ4v) is 4.20. The second kappa shape index (κ2) is 8.62. The van der Waals surface area contributed by atoms with Crippen molar-refractivity contribution in [2.45, 2.75) is 24.6 Å². The van der Waals surface area contributed by atoms with Crippen LogP contribution < -0.4 is 10.1 Å². The molecule has 1 fully saturated rings. The number of nitrogens with one attached hydrogen (secondary N) is 1. The first kappa shape index (κ1) is 18.8. The van der Waals surface area contributed by atoms with Crippen LogP contribution in [0, 0.1) is 0 Å². The molecule has 0 amide bonds. The van der Waals surface area contributed by atoms with Crippen molar-refractivity contribution in [1.29, 1.82) is 0 Å². The summed E-state index contributed by atoms with van der Waals surface area (Å²) < 4.78 is 30.0. The SMILES string of the molecule is O=S(=O)(CCCO)Cc1cccc(-c2cncc(OCC3CCN3)c2)c1. The third-order valence-electron chi connectivity index (χ3n) is 4.35. The molecule has 0 saturated carbocycles. The van der Waals surface area contributed by atoms with Gasteiger partial charge in [0.25, 0.3) is 0 Å². The maximum Gasteiger partial charge on any atom is 0.154 e. The molecular formula is C19H24N2O4S. The van der Waals surface area contributed by atoms with E-state index in [2.05, 4.69) is 10.3 Å². The van der Waals surface area contributed by atoms with Gasteiger partial charge in [-0.3, -0.25) is 4.98 Å². The average molecular weight is 376 g/mol. The molecule has 2 N–H and O–H groups in total. The van der Waals surface area contributed by atoms with Crippen LogP contribution in [0.4, 0.5) is 0 Å². The van der Waals surface area contributed by atoms with E-state index in [0.717, 1.165) is 29.7 Å². The molecule has 1 unspecified atom stereocenters. The number of hydrogen-bond donors (Lipinski definition) is 2. The number of ether oxygens (including phenoxy) is 1. The zero-order valence-corrected chi connectivity index (χ0v) is 15.4. The Morgan fingerprint density at radius 1 is 1.23 bits per heavy atom. The molecule has 1 aliphatic heterocycles. The molecule has 1 aromatic carbocycles. The standard InChI is InChI=1S/C19H24N2O4S/c22-7-2-8-26(23,24)14-15-3-1-4-16(9-15)17-10-19(12-20-11-17)25-13-18-5-6-21-18/h1,3-4,9-12,18,21-22H,2,5-8,13-14H2. The van der Waals surface area contributed by atoms with E-state index in [9.17, 15) is 8.42 Å². The summed E-state index contributed by atoms with van der Waals surface area (Å²) in [6, 6.07) is 9.77. The molecule has 0 spiro atoms. The highest BCUT2D eigenvalue weighted by Gasteiger charge is 2.17. The van der Waals surface area contributed by atoms with Crippen molar-refractivity contribution < 1.29 is 18.3 Å². The van der Waals surface area contributed by atoms with Gasteiger partial charge in [0.05, 0.1) is 17.7 Å². The highest BCUT2D eigenvalue weighted by Crippen LogP contribution is 2.24. The summed E-state index contributed by atoms with van der Waals surface area (Å²) in [4.78, 5) is 4.24. The molecule has 26 heavy (non-hydrogen) atoms. The fraction of sp³-hybridized carbons (Fsp3) is 0.421. The highest BCUT2D eigenvalue weighted by atomic mass is 32.2. The minimum Gasteiger partial charge on any atom is -0.490 e. The molecule has 0 bridgehead atoms. The molecular weight excluding hydrogens is 352 g/mol. The van der Waals surface area contributed by atoms with Crippen molar-refractivity contribution in [1.82, 2.24) is 10.3 Å². The lowest BCUT2D eigenvalue weighted by Crippen LogP contribution is -2.46. The Morgan fingerprint density at radius 3 is 2.81 bits per heavy atom. The molecule has 6 nitrogen and oxygen atoms in total. The van der Waals surface area contributed by atoms with Crippen LogP contribution in [-0.4, -0.2) is 50.1 Å². The molecule has 0 aliphatic carbocycles. The summed E-state index contributed by atoms with van der Waals surface area (Å²) in [6.07, 6.45) is 4.82. The van der Waals surface area contributed by atoms with Crippen LogP contribution in [0.25, 0.3) is 11.1 Å². The van der Waals surface area contributed by atoms with Crippen LogP contribution in [0.3, 0.4) is 0 Å². The number of pyridine rings is 1. The Balaban J connectivity index is 1.71. The number of sulfone groups is 1.